The maximum absolute atomic E-state index is 14.3. The van der Waals surface area contributed by atoms with Crippen molar-refractivity contribution < 1.29 is 31.9 Å². The highest BCUT2D eigenvalue weighted by atomic mass is 32.2. The number of fused-ring (bicyclic) bond motifs is 1. The number of benzene rings is 2. The van der Waals surface area contributed by atoms with Gasteiger partial charge in [-0.15, -0.1) is 4.76 Å². The van der Waals surface area contributed by atoms with Crippen LogP contribution in [0, 0.1) is 5.41 Å². The maximum atomic E-state index is 14.3. The Bertz CT molecular complexity index is 1540. The zero-order valence-electron chi connectivity index (χ0n) is 22.6. The topological polar surface area (TPSA) is 134 Å². The Hall–Kier alpha value is -3.24. The summed E-state index contributed by atoms with van der Waals surface area (Å²) in [5.74, 6) is -0.531. The molecule has 0 aromatic heterocycles. The molecule has 3 N–H and O–H groups in total. The lowest BCUT2D eigenvalue weighted by Crippen LogP contribution is -2.58. The number of hydrogen-bond acceptors (Lipinski definition) is 7. The molecule has 0 fully saturated rings. The lowest BCUT2D eigenvalue weighted by molar-refractivity contribution is -0.706. The van der Waals surface area contributed by atoms with Crippen molar-refractivity contribution in [2.75, 3.05) is 29.4 Å². The molecular formula is C27H34N4O6PS+. The highest BCUT2D eigenvalue weighted by Gasteiger charge is 2.49. The van der Waals surface area contributed by atoms with Gasteiger partial charge in [0, 0.05) is 12.1 Å². The predicted octanol–water partition coefficient (Wildman–Crippen LogP) is 4.97. The second-order valence-electron chi connectivity index (χ2n) is 10.8. The summed E-state index contributed by atoms with van der Waals surface area (Å²) in [6.07, 6.45) is 4.43. The van der Waals surface area contributed by atoms with Crippen molar-refractivity contribution in [1.29, 1.82) is 0 Å². The summed E-state index contributed by atoms with van der Waals surface area (Å²) in [4.78, 5) is 13.8. The van der Waals surface area contributed by atoms with E-state index in [0.717, 1.165) is 6.26 Å². The number of rotatable bonds is 7. The van der Waals surface area contributed by atoms with Gasteiger partial charge in [-0.3, -0.25) is 14.6 Å². The number of guanidine groups is 1. The molecule has 2 unspecified atom stereocenters. The van der Waals surface area contributed by atoms with Crippen LogP contribution in [0.5, 0.6) is 0 Å². The van der Waals surface area contributed by atoms with Gasteiger partial charge < -0.3 is 9.63 Å². The molecule has 0 saturated heterocycles. The molecule has 0 bridgehead atoms. The minimum absolute atomic E-state index is 0.0684. The number of allylic oxidation sites excluding steroid dienone is 1. The van der Waals surface area contributed by atoms with Crippen LogP contribution in [-0.4, -0.2) is 49.3 Å². The van der Waals surface area contributed by atoms with Crippen LogP contribution in [-0.2, 0) is 23.9 Å². The molecule has 2 atom stereocenters. The van der Waals surface area contributed by atoms with Crippen molar-refractivity contribution >= 4 is 51.7 Å². The first-order valence-electron chi connectivity index (χ1n) is 12.5. The van der Waals surface area contributed by atoms with Crippen LogP contribution in [0.4, 0.5) is 11.4 Å². The van der Waals surface area contributed by atoms with E-state index in [2.05, 4.69) is 35.6 Å². The third-order valence-corrected chi connectivity index (χ3v) is 8.98. The first kappa shape index (κ1) is 28.8. The number of aliphatic hydroxyl groups excluding tert-OH is 1. The number of nitrogens with zero attached hydrogens (tertiary/aromatic N) is 2. The summed E-state index contributed by atoms with van der Waals surface area (Å²) in [7, 11) is -7.53. The van der Waals surface area contributed by atoms with Crippen LogP contribution in [0.2, 0.25) is 0 Å². The standard InChI is InChI=1S/C27H33N4O6PS/c1-6-37-38(34)24-16-20(30-39(5,35)36)12-13-22(24)28-26(29-38)31(15-14-27(2,3)4)18-21(23(32)17-25(31)33)19-10-8-7-9-11-19/h7-13,16-18,30H,6,14-15H2,1-5H3,(H-,28,29,32,33,34)/p+1. The van der Waals surface area contributed by atoms with Gasteiger partial charge in [-0.2, -0.15) is 4.48 Å². The van der Waals surface area contributed by atoms with E-state index >= 15 is 0 Å². The summed E-state index contributed by atoms with van der Waals surface area (Å²) in [5.41, 5.74) is 1.58. The molecule has 2 aliphatic rings. The molecule has 0 radical (unpaired) electrons. The lowest BCUT2D eigenvalue weighted by atomic mass is 9.91. The molecule has 1 amide bonds. The van der Waals surface area contributed by atoms with Crippen LogP contribution < -0.4 is 15.3 Å². The van der Waals surface area contributed by atoms with Crippen molar-refractivity contribution in [3.05, 3.63) is 72.1 Å². The number of hydrogen-bond donors (Lipinski definition) is 3. The summed E-state index contributed by atoms with van der Waals surface area (Å²) >= 11 is 0. The Labute approximate surface area is 229 Å². The minimum atomic E-state index is -3.95. The van der Waals surface area contributed by atoms with Crippen LogP contribution >= 0.6 is 7.52 Å². The molecule has 12 heteroatoms. The summed E-state index contributed by atoms with van der Waals surface area (Å²) < 4.78 is 50.0. The van der Waals surface area contributed by atoms with E-state index in [9.17, 15) is 22.9 Å². The highest BCUT2D eigenvalue weighted by molar-refractivity contribution is 7.92. The second kappa shape index (κ2) is 10.4. The van der Waals surface area contributed by atoms with Gasteiger partial charge >= 0.3 is 19.4 Å². The Morgan fingerprint density at radius 3 is 2.46 bits per heavy atom. The number of carbonyl (C=O) groups is 1. The molecule has 2 heterocycles. The van der Waals surface area contributed by atoms with Crippen molar-refractivity contribution in [2.24, 2.45) is 10.2 Å². The van der Waals surface area contributed by atoms with Crippen molar-refractivity contribution in [2.45, 2.75) is 34.1 Å². The monoisotopic (exact) mass is 573 g/mol. The summed E-state index contributed by atoms with van der Waals surface area (Å²) in [6.45, 7) is 8.18. The third kappa shape index (κ3) is 6.17. The average Bonchev–Trinajstić information content (AvgIpc) is 2.83. The first-order chi connectivity index (χ1) is 18.2. The number of aliphatic hydroxyl groups is 1. The van der Waals surface area contributed by atoms with Gasteiger partial charge in [0.25, 0.3) is 0 Å². The van der Waals surface area contributed by atoms with Gasteiger partial charge in [0.05, 0.1) is 42.0 Å². The highest BCUT2D eigenvalue weighted by Crippen LogP contribution is 2.53. The van der Waals surface area contributed by atoms with E-state index in [1.165, 1.54) is 18.2 Å². The Morgan fingerprint density at radius 2 is 1.85 bits per heavy atom. The molecule has 0 saturated carbocycles. The predicted molar refractivity (Wildman–Crippen MR) is 154 cm³/mol. The summed E-state index contributed by atoms with van der Waals surface area (Å²) in [6, 6.07) is 13.7. The molecule has 0 spiro atoms. The van der Waals surface area contributed by atoms with Crippen molar-refractivity contribution in [3.63, 3.8) is 0 Å². The van der Waals surface area contributed by atoms with Gasteiger partial charge in [-0.1, -0.05) is 51.1 Å². The van der Waals surface area contributed by atoms with E-state index < -0.39 is 27.9 Å². The Balaban J connectivity index is 1.92. The zero-order valence-corrected chi connectivity index (χ0v) is 24.3. The first-order valence-corrected chi connectivity index (χ1v) is 16.0. The SMILES string of the molecule is CCOP1(=O)N=C([N+]2(CCC(C)(C)C)C=C(c3ccccc3)C(O)=CC2=O)Nc2ccc(NS(C)(=O)=O)cc21. The van der Waals surface area contributed by atoms with Crippen LogP contribution in [0.1, 0.15) is 39.7 Å². The maximum Gasteiger partial charge on any atom is 0.354 e. The normalized spacial score (nSPS) is 23.2. The zero-order chi connectivity index (χ0) is 28.6. The largest absolute Gasteiger partial charge is 0.507 e. The van der Waals surface area contributed by atoms with Crippen LogP contribution in [0.25, 0.3) is 5.57 Å². The van der Waals surface area contributed by atoms with Gasteiger partial charge in [0.15, 0.2) is 0 Å². The number of anilines is 2. The van der Waals surface area contributed by atoms with E-state index in [-0.39, 0.29) is 41.3 Å². The van der Waals surface area contributed by atoms with Gasteiger partial charge in [-0.05, 0) is 36.1 Å². The number of sulfonamides is 1. The van der Waals surface area contributed by atoms with Crippen molar-refractivity contribution in [1.82, 2.24) is 0 Å². The van der Waals surface area contributed by atoms with Crippen molar-refractivity contribution in [3.8, 4) is 0 Å². The molecule has 4 rings (SSSR count). The molecule has 2 aliphatic heterocycles. The number of amides is 1. The van der Waals surface area contributed by atoms with E-state index in [4.69, 9.17) is 4.52 Å². The average molecular weight is 574 g/mol. The lowest BCUT2D eigenvalue weighted by Gasteiger charge is -2.38. The summed E-state index contributed by atoms with van der Waals surface area (Å²) in [5, 5.41) is 14.2. The molecule has 0 aliphatic carbocycles. The fourth-order valence-electron chi connectivity index (χ4n) is 4.38. The van der Waals surface area contributed by atoms with E-state index in [1.54, 1.807) is 19.2 Å². The van der Waals surface area contributed by atoms with E-state index in [1.807, 2.05) is 30.3 Å². The number of nitrogens with one attached hydrogen (secondary N) is 2. The fraction of sp³-hybridized carbons (Fsp3) is 0.333. The van der Waals surface area contributed by atoms with Gasteiger partial charge in [-0.25, -0.2) is 13.2 Å². The van der Waals surface area contributed by atoms with Gasteiger partial charge in [0.1, 0.15) is 12.0 Å². The third-order valence-electron chi connectivity index (χ3n) is 6.34. The van der Waals surface area contributed by atoms with Crippen LogP contribution in [0.3, 0.4) is 0 Å². The molecule has 10 nitrogen and oxygen atoms in total. The molecule has 208 valence electrons. The number of quaternary nitrogens is 1. The molecule has 2 aromatic carbocycles. The van der Waals surface area contributed by atoms with E-state index in [0.29, 0.717) is 23.2 Å². The smallest absolute Gasteiger partial charge is 0.354 e. The Kier molecular flexibility index (Phi) is 7.66. The molecule has 39 heavy (non-hydrogen) atoms. The van der Waals surface area contributed by atoms with Crippen LogP contribution in [0.15, 0.2) is 71.3 Å². The quantitative estimate of drug-likeness (QED) is 0.315. The second-order valence-corrected chi connectivity index (χ2v) is 14.5. The number of carbonyl (C=O) groups excluding carboxylic acids is 1. The fourth-order valence-corrected chi connectivity index (χ4v) is 6.79. The molecular weight excluding hydrogens is 539 g/mol. The minimum Gasteiger partial charge on any atom is -0.507 e. The Morgan fingerprint density at radius 1 is 1.15 bits per heavy atom. The molecule has 2 aromatic rings. The van der Waals surface area contributed by atoms with Gasteiger partial charge in [0.2, 0.25) is 10.0 Å².